The molecule has 2 unspecified atom stereocenters. The molecule has 0 bridgehead atoms. The molecule has 1 aromatic rings. The van der Waals surface area contributed by atoms with Gasteiger partial charge in [0.1, 0.15) is 0 Å². The molecule has 0 aromatic heterocycles. The van der Waals surface area contributed by atoms with Crippen LogP contribution < -0.4 is 11.3 Å². The molecule has 2 atom stereocenters. The van der Waals surface area contributed by atoms with Crippen LogP contribution in [0.15, 0.2) is 18.2 Å². The summed E-state index contributed by atoms with van der Waals surface area (Å²) in [4.78, 5) is 0. The molecule has 0 aliphatic rings. The van der Waals surface area contributed by atoms with Crippen LogP contribution in [0.25, 0.3) is 0 Å². The zero-order chi connectivity index (χ0) is 12.8. The molecule has 0 amide bonds. The molecule has 0 saturated carbocycles. The maximum Gasteiger partial charge on any atom is 0.0550 e. The zero-order valence-corrected chi connectivity index (χ0v) is 12.1. The van der Waals surface area contributed by atoms with Gasteiger partial charge in [0.2, 0.25) is 0 Å². The molecule has 0 aliphatic heterocycles. The molecular formula is C14H24N2S. The Labute approximate surface area is 109 Å². The van der Waals surface area contributed by atoms with E-state index in [2.05, 4.69) is 51.3 Å². The number of hydrogen-bond donors (Lipinski definition) is 2. The summed E-state index contributed by atoms with van der Waals surface area (Å²) in [5.41, 5.74) is 6.87. The maximum atomic E-state index is 5.66. The molecule has 1 rings (SSSR count). The van der Waals surface area contributed by atoms with Gasteiger partial charge in [-0.2, -0.15) is 11.8 Å². The average molecular weight is 252 g/mol. The van der Waals surface area contributed by atoms with E-state index in [-0.39, 0.29) is 6.04 Å². The van der Waals surface area contributed by atoms with Crippen molar-refractivity contribution in [1.82, 2.24) is 5.43 Å². The number of hydrogen-bond acceptors (Lipinski definition) is 3. The van der Waals surface area contributed by atoms with Crippen molar-refractivity contribution in [3.8, 4) is 0 Å². The van der Waals surface area contributed by atoms with Gasteiger partial charge in [0.25, 0.3) is 0 Å². The van der Waals surface area contributed by atoms with Crippen molar-refractivity contribution in [3.63, 3.8) is 0 Å². The fourth-order valence-electron chi connectivity index (χ4n) is 1.60. The lowest BCUT2D eigenvalue weighted by Crippen LogP contribution is -2.30. The highest BCUT2D eigenvalue weighted by Crippen LogP contribution is 2.23. The monoisotopic (exact) mass is 252 g/mol. The molecule has 0 saturated heterocycles. The average Bonchev–Trinajstić information content (AvgIpc) is 2.33. The number of hydrazine groups is 1. The molecular weight excluding hydrogens is 228 g/mol. The standard InChI is InChI=1S/C14H24N2S/c1-5-12(4)17-9-14(16-15)13-7-6-10(2)11(3)8-13/h6-8,12,14,16H,5,9,15H2,1-4H3. The third kappa shape index (κ3) is 4.34. The Morgan fingerprint density at radius 1 is 1.29 bits per heavy atom. The van der Waals surface area contributed by atoms with E-state index >= 15 is 0 Å². The Morgan fingerprint density at radius 3 is 2.53 bits per heavy atom. The predicted octanol–water partition coefficient (Wildman–Crippen LogP) is 3.34. The quantitative estimate of drug-likeness (QED) is 0.602. The Hall–Kier alpha value is -0.510. The third-order valence-electron chi connectivity index (χ3n) is 3.26. The van der Waals surface area contributed by atoms with Gasteiger partial charge < -0.3 is 0 Å². The minimum atomic E-state index is 0.244. The highest BCUT2D eigenvalue weighted by Gasteiger charge is 2.12. The van der Waals surface area contributed by atoms with Gasteiger partial charge in [0, 0.05) is 11.0 Å². The van der Waals surface area contributed by atoms with Crippen molar-refractivity contribution in [2.45, 2.75) is 45.4 Å². The zero-order valence-electron chi connectivity index (χ0n) is 11.3. The maximum absolute atomic E-state index is 5.66. The van der Waals surface area contributed by atoms with Crippen LogP contribution in [0.3, 0.4) is 0 Å². The molecule has 0 aliphatic carbocycles. The molecule has 3 heteroatoms. The number of thioether (sulfide) groups is 1. The highest BCUT2D eigenvalue weighted by molar-refractivity contribution is 7.99. The number of nitrogens with two attached hydrogens (primary N) is 1. The Balaban J connectivity index is 2.69. The molecule has 17 heavy (non-hydrogen) atoms. The van der Waals surface area contributed by atoms with Crippen molar-refractivity contribution in [3.05, 3.63) is 34.9 Å². The van der Waals surface area contributed by atoms with E-state index in [1.807, 2.05) is 11.8 Å². The lowest BCUT2D eigenvalue weighted by atomic mass is 10.0. The second kappa shape index (κ2) is 7.04. The summed E-state index contributed by atoms with van der Waals surface area (Å²) < 4.78 is 0. The summed E-state index contributed by atoms with van der Waals surface area (Å²) in [5, 5.41) is 0.692. The summed E-state index contributed by atoms with van der Waals surface area (Å²) in [7, 11) is 0. The van der Waals surface area contributed by atoms with Crippen LogP contribution in [0.4, 0.5) is 0 Å². The van der Waals surface area contributed by atoms with Crippen LogP contribution in [0, 0.1) is 13.8 Å². The number of benzene rings is 1. The molecule has 0 heterocycles. The highest BCUT2D eigenvalue weighted by atomic mass is 32.2. The molecule has 3 N–H and O–H groups in total. The van der Waals surface area contributed by atoms with E-state index in [9.17, 15) is 0 Å². The van der Waals surface area contributed by atoms with Gasteiger partial charge in [-0.05, 0) is 37.0 Å². The van der Waals surface area contributed by atoms with Crippen LogP contribution in [0.2, 0.25) is 0 Å². The third-order valence-corrected chi connectivity index (χ3v) is 4.68. The van der Waals surface area contributed by atoms with Crippen LogP contribution in [-0.4, -0.2) is 11.0 Å². The molecule has 1 aromatic carbocycles. The number of nitrogens with one attached hydrogen (secondary N) is 1. The summed E-state index contributed by atoms with van der Waals surface area (Å²) in [6.07, 6.45) is 1.20. The van der Waals surface area contributed by atoms with E-state index in [1.165, 1.54) is 23.1 Å². The van der Waals surface area contributed by atoms with Gasteiger partial charge in [0.15, 0.2) is 0 Å². The summed E-state index contributed by atoms with van der Waals surface area (Å²) >= 11 is 1.97. The van der Waals surface area contributed by atoms with E-state index in [0.717, 1.165) is 5.75 Å². The van der Waals surface area contributed by atoms with E-state index < -0.39 is 0 Å². The van der Waals surface area contributed by atoms with E-state index in [4.69, 9.17) is 5.84 Å². The minimum absolute atomic E-state index is 0.244. The SMILES string of the molecule is CCC(C)SCC(NN)c1ccc(C)c(C)c1. The first-order valence-electron chi connectivity index (χ1n) is 6.23. The largest absolute Gasteiger partial charge is 0.271 e. The smallest absolute Gasteiger partial charge is 0.0550 e. The van der Waals surface area contributed by atoms with Gasteiger partial charge in [-0.25, -0.2) is 0 Å². The molecule has 2 nitrogen and oxygen atoms in total. The Bertz CT molecular complexity index is 352. The van der Waals surface area contributed by atoms with Gasteiger partial charge in [0.05, 0.1) is 6.04 Å². The van der Waals surface area contributed by atoms with Crippen molar-refractivity contribution < 1.29 is 0 Å². The van der Waals surface area contributed by atoms with Crippen LogP contribution >= 0.6 is 11.8 Å². The summed E-state index contributed by atoms with van der Waals surface area (Å²) in [6.45, 7) is 8.77. The minimum Gasteiger partial charge on any atom is -0.271 e. The van der Waals surface area contributed by atoms with Gasteiger partial charge in [-0.1, -0.05) is 32.0 Å². The van der Waals surface area contributed by atoms with Crippen molar-refractivity contribution in [2.75, 3.05) is 5.75 Å². The van der Waals surface area contributed by atoms with Crippen molar-refractivity contribution >= 4 is 11.8 Å². The lowest BCUT2D eigenvalue weighted by Gasteiger charge is -2.19. The molecule has 0 radical (unpaired) electrons. The second-order valence-corrected chi connectivity index (χ2v) is 6.09. The van der Waals surface area contributed by atoms with Gasteiger partial charge in [-0.15, -0.1) is 0 Å². The molecule has 0 spiro atoms. The van der Waals surface area contributed by atoms with Gasteiger partial charge >= 0.3 is 0 Å². The summed E-state index contributed by atoms with van der Waals surface area (Å²) in [6, 6.07) is 6.82. The predicted molar refractivity (Wildman–Crippen MR) is 78.2 cm³/mol. The first-order valence-corrected chi connectivity index (χ1v) is 7.28. The van der Waals surface area contributed by atoms with Crippen LogP contribution in [0.5, 0.6) is 0 Å². The molecule has 0 fully saturated rings. The lowest BCUT2D eigenvalue weighted by molar-refractivity contribution is 0.609. The van der Waals surface area contributed by atoms with E-state index in [0.29, 0.717) is 5.25 Å². The van der Waals surface area contributed by atoms with Crippen molar-refractivity contribution in [2.24, 2.45) is 5.84 Å². The van der Waals surface area contributed by atoms with Crippen LogP contribution in [-0.2, 0) is 0 Å². The Kier molecular flexibility index (Phi) is 6.03. The number of rotatable bonds is 6. The first kappa shape index (κ1) is 14.6. The fraction of sp³-hybridized carbons (Fsp3) is 0.571. The topological polar surface area (TPSA) is 38.0 Å². The van der Waals surface area contributed by atoms with E-state index in [1.54, 1.807) is 0 Å². The van der Waals surface area contributed by atoms with Crippen LogP contribution in [0.1, 0.15) is 43.0 Å². The first-order chi connectivity index (χ1) is 8.08. The normalized spacial score (nSPS) is 14.6. The van der Waals surface area contributed by atoms with Crippen molar-refractivity contribution in [1.29, 1.82) is 0 Å². The van der Waals surface area contributed by atoms with Gasteiger partial charge in [-0.3, -0.25) is 11.3 Å². The fourth-order valence-corrected chi connectivity index (χ4v) is 2.65. The Morgan fingerprint density at radius 2 is 2.00 bits per heavy atom. The molecule has 96 valence electrons. The second-order valence-electron chi connectivity index (χ2n) is 4.62. The number of aryl methyl sites for hydroxylation is 2. The summed E-state index contributed by atoms with van der Waals surface area (Å²) in [5.74, 6) is 6.68.